The minimum absolute atomic E-state index is 0.106. The summed E-state index contributed by atoms with van der Waals surface area (Å²) in [6.07, 6.45) is 6.95. The molecule has 0 aromatic heterocycles. The van der Waals surface area contributed by atoms with Gasteiger partial charge in [0.15, 0.2) is 0 Å². The van der Waals surface area contributed by atoms with E-state index in [1.165, 1.54) is 18.7 Å². The molecular weight excluding hydrogens is 209 g/mol. The number of likely N-dealkylation sites (tertiary alicyclic amines) is 1. The summed E-state index contributed by atoms with van der Waals surface area (Å²) in [7, 11) is 1.08. The number of nitrogens with zero attached hydrogens (tertiary/aromatic N) is 1. The first-order valence-electron chi connectivity index (χ1n) is 5.97. The van der Waals surface area contributed by atoms with Gasteiger partial charge in [-0.05, 0) is 38.0 Å². The summed E-state index contributed by atoms with van der Waals surface area (Å²) < 4.78 is 5.20. The van der Waals surface area contributed by atoms with Gasteiger partial charge in [-0.15, -0.1) is 8.58 Å². The van der Waals surface area contributed by atoms with Gasteiger partial charge in [-0.3, -0.25) is 0 Å². The van der Waals surface area contributed by atoms with Crippen molar-refractivity contribution in [2.75, 3.05) is 32.0 Å². The highest BCUT2D eigenvalue weighted by Crippen LogP contribution is 2.12. The molecule has 0 aromatic carbocycles. The van der Waals surface area contributed by atoms with Crippen LogP contribution in [0.1, 0.15) is 32.6 Å². The Morgan fingerprint density at radius 2 is 2.07 bits per heavy atom. The van der Waals surface area contributed by atoms with Gasteiger partial charge in [0, 0.05) is 13.1 Å². The Bertz CT molecular complexity index is 181. The molecule has 88 valence electrons. The van der Waals surface area contributed by atoms with Crippen LogP contribution in [0.4, 0.5) is 4.79 Å². The standard InChI is InChI=1S/C11H22NO2P/c1-2-15-10-6-5-9-14-11(13)12-7-3-4-8-12/h15H,2-10H2,1H3. The Morgan fingerprint density at radius 1 is 1.33 bits per heavy atom. The molecule has 1 heterocycles. The van der Waals surface area contributed by atoms with E-state index in [1.807, 2.05) is 4.90 Å². The lowest BCUT2D eigenvalue weighted by atomic mass is 10.4. The third kappa shape index (κ3) is 5.36. The second kappa shape index (κ2) is 7.92. The number of carbonyl (C=O) groups is 1. The lowest BCUT2D eigenvalue weighted by molar-refractivity contribution is 0.109. The fourth-order valence-electron chi connectivity index (χ4n) is 1.68. The van der Waals surface area contributed by atoms with Crippen LogP contribution in [-0.2, 0) is 4.74 Å². The third-order valence-electron chi connectivity index (χ3n) is 2.59. The monoisotopic (exact) mass is 231 g/mol. The molecule has 1 saturated heterocycles. The van der Waals surface area contributed by atoms with Gasteiger partial charge >= 0.3 is 6.09 Å². The number of ether oxygens (including phenoxy) is 1. The van der Waals surface area contributed by atoms with Crippen LogP contribution in [0.2, 0.25) is 0 Å². The second-order valence-corrected chi connectivity index (χ2v) is 5.58. The molecule has 1 rings (SSSR count). The molecule has 15 heavy (non-hydrogen) atoms. The number of hydrogen-bond acceptors (Lipinski definition) is 2. The highest BCUT2D eigenvalue weighted by Gasteiger charge is 2.18. The first-order valence-corrected chi connectivity index (χ1v) is 7.38. The highest BCUT2D eigenvalue weighted by molar-refractivity contribution is 7.37. The average molecular weight is 231 g/mol. The molecule has 1 aliphatic rings. The molecule has 0 bridgehead atoms. The van der Waals surface area contributed by atoms with Crippen LogP contribution in [0.25, 0.3) is 0 Å². The van der Waals surface area contributed by atoms with Gasteiger partial charge in [0.05, 0.1) is 6.61 Å². The Kier molecular flexibility index (Phi) is 6.74. The molecular formula is C11H22NO2P. The van der Waals surface area contributed by atoms with Crippen LogP contribution in [0.5, 0.6) is 0 Å². The Balaban J connectivity index is 1.92. The second-order valence-electron chi connectivity index (χ2n) is 3.87. The molecule has 1 amide bonds. The van der Waals surface area contributed by atoms with Gasteiger partial charge in [0.25, 0.3) is 0 Å². The Labute approximate surface area is 94.3 Å². The van der Waals surface area contributed by atoms with Crippen molar-refractivity contribution in [3.05, 3.63) is 0 Å². The van der Waals surface area contributed by atoms with Crippen molar-refractivity contribution in [1.29, 1.82) is 0 Å². The fourth-order valence-corrected chi connectivity index (χ4v) is 2.53. The van der Waals surface area contributed by atoms with E-state index < -0.39 is 0 Å². The van der Waals surface area contributed by atoms with Crippen LogP contribution in [-0.4, -0.2) is 43.0 Å². The summed E-state index contributed by atoms with van der Waals surface area (Å²) in [6.45, 7) is 4.58. The van der Waals surface area contributed by atoms with E-state index >= 15 is 0 Å². The minimum atomic E-state index is -0.106. The molecule has 0 radical (unpaired) electrons. The van der Waals surface area contributed by atoms with Gasteiger partial charge in [-0.25, -0.2) is 4.79 Å². The van der Waals surface area contributed by atoms with E-state index in [0.29, 0.717) is 6.61 Å². The zero-order valence-corrected chi connectivity index (χ0v) is 10.6. The van der Waals surface area contributed by atoms with E-state index in [9.17, 15) is 4.79 Å². The first-order chi connectivity index (χ1) is 7.34. The summed E-state index contributed by atoms with van der Waals surface area (Å²) in [5, 5.41) is 0. The van der Waals surface area contributed by atoms with Crippen molar-refractivity contribution in [3.63, 3.8) is 0 Å². The third-order valence-corrected chi connectivity index (χ3v) is 3.79. The summed E-state index contributed by atoms with van der Waals surface area (Å²) in [6, 6.07) is 0. The van der Waals surface area contributed by atoms with Gasteiger partial charge in [0.1, 0.15) is 0 Å². The molecule has 0 spiro atoms. The van der Waals surface area contributed by atoms with E-state index in [2.05, 4.69) is 6.92 Å². The molecule has 0 aromatic rings. The maximum atomic E-state index is 11.4. The zero-order chi connectivity index (χ0) is 10.9. The van der Waals surface area contributed by atoms with Crippen LogP contribution in [0.3, 0.4) is 0 Å². The molecule has 0 saturated carbocycles. The smallest absolute Gasteiger partial charge is 0.409 e. The maximum Gasteiger partial charge on any atom is 0.409 e. The van der Waals surface area contributed by atoms with Crippen LogP contribution < -0.4 is 0 Å². The van der Waals surface area contributed by atoms with Crippen LogP contribution in [0.15, 0.2) is 0 Å². The van der Waals surface area contributed by atoms with Crippen LogP contribution in [0, 0.1) is 0 Å². The van der Waals surface area contributed by atoms with Crippen molar-refractivity contribution in [2.24, 2.45) is 0 Å². The van der Waals surface area contributed by atoms with E-state index in [4.69, 9.17) is 4.74 Å². The number of rotatable bonds is 6. The number of unbranched alkanes of at least 4 members (excludes halogenated alkanes) is 1. The summed E-state index contributed by atoms with van der Waals surface area (Å²) in [4.78, 5) is 13.3. The van der Waals surface area contributed by atoms with E-state index in [0.717, 1.165) is 40.9 Å². The SMILES string of the molecule is CCPCCCCOC(=O)N1CCCC1. The first kappa shape index (κ1) is 12.8. The molecule has 3 nitrogen and oxygen atoms in total. The topological polar surface area (TPSA) is 29.5 Å². The van der Waals surface area contributed by atoms with E-state index in [1.54, 1.807) is 0 Å². The van der Waals surface area contributed by atoms with Crippen molar-refractivity contribution < 1.29 is 9.53 Å². The predicted octanol–water partition coefficient (Wildman–Crippen LogP) is 2.70. The van der Waals surface area contributed by atoms with Crippen molar-refractivity contribution in [3.8, 4) is 0 Å². The molecule has 1 unspecified atom stereocenters. The van der Waals surface area contributed by atoms with Crippen molar-refractivity contribution in [1.82, 2.24) is 4.90 Å². The molecule has 0 N–H and O–H groups in total. The lowest BCUT2D eigenvalue weighted by Gasteiger charge is -2.14. The Morgan fingerprint density at radius 3 is 2.73 bits per heavy atom. The van der Waals surface area contributed by atoms with Crippen molar-refractivity contribution >= 4 is 14.7 Å². The highest BCUT2D eigenvalue weighted by atomic mass is 31.1. The molecule has 1 fully saturated rings. The predicted molar refractivity (Wildman–Crippen MR) is 65.1 cm³/mol. The van der Waals surface area contributed by atoms with E-state index in [-0.39, 0.29) is 6.09 Å². The maximum absolute atomic E-state index is 11.4. The zero-order valence-electron chi connectivity index (χ0n) is 9.63. The number of amides is 1. The van der Waals surface area contributed by atoms with Gasteiger partial charge in [0.2, 0.25) is 0 Å². The lowest BCUT2D eigenvalue weighted by Crippen LogP contribution is -2.28. The average Bonchev–Trinajstić information content (AvgIpc) is 2.76. The summed E-state index contributed by atoms with van der Waals surface area (Å²) in [5.41, 5.74) is 0. The molecule has 1 aliphatic heterocycles. The van der Waals surface area contributed by atoms with Gasteiger partial charge in [-0.1, -0.05) is 6.92 Å². The summed E-state index contributed by atoms with van der Waals surface area (Å²) in [5.74, 6) is 0. The number of hydrogen-bond donors (Lipinski definition) is 0. The number of carbonyl (C=O) groups excluding carboxylic acids is 1. The normalized spacial score (nSPS) is 16.5. The molecule has 0 aliphatic carbocycles. The molecule has 4 heteroatoms. The fraction of sp³-hybridized carbons (Fsp3) is 0.909. The molecule has 1 atom stereocenters. The quantitative estimate of drug-likeness (QED) is 0.519. The minimum Gasteiger partial charge on any atom is -0.449 e. The van der Waals surface area contributed by atoms with Gasteiger partial charge < -0.3 is 9.64 Å². The largest absolute Gasteiger partial charge is 0.449 e. The Hall–Kier alpha value is -0.300. The van der Waals surface area contributed by atoms with Crippen LogP contribution >= 0.6 is 8.58 Å². The van der Waals surface area contributed by atoms with Gasteiger partial charge in [-0.2, -0.15) is 0 Å². The summed E-state index contributed by atoms with van der Waals surface area (Å²) >= 11 is 0. The van der Waals surface area contributed by atoms with Crippen molar-refractivity contribution in [2.45, 2.75) is 32.6 Å².